The Kier molecular flexibility index (Phi) is 7.01. The van der Waals surface area contributed by atoms with E-state index in [4.69, 9.17) is 0 Å². The minimum atomic E-state index is -3.50. The molecule has 0 aliphatic heterocycles. The largest absolute Gasteiger partial charge is 0.373 e. The molecule has 2 rings (SSSR count). The summed E-state index contributed by atoms with van der Waals surface area (Å²) in [6, 6.07) is 16.8. The van der Waals surface area contributed by atoms with Crippen molar-refractivity contribution in [3.05, 3.63) is 64.6 Å². The van der Waals surface area contributed by atoms with Crippen LogP contribution in [0.5, 0.6) is 0 Å². The van der Waals surface area contributed by atoms with Crippen LogP contribution in [-0.4, -0.2) is 40.2 Å². The molecule has 0 heterocycles. The zero-order valence-corrected chi connectivity index (χ0v) is 16.4. The third kappa shape index (κ3) is 6.88. The summed E-state index contributed by atoms with van der Waals surface area (Å²) in [5.41, 5.74) is 1.70. The number of nitrogens with zero attached hydrogens (tertiary/aromatic N) is 1. The molecule has 0 aliphatic rings. The molecule has 0 saturated carbocycles. The fraction of sp³-hybridized carbons (Fsp3) is 0.278. The van der Waals surface area contributed by atoms with Crippen molar-refractivity contribution >= 4 is 37.4 Å². The molecule has 1 amide bonds. The molecular formula is C18H21BrN2O3S. The number of rotatable bonds is 8. The van der Waals surface area contributed by atoms with Gasteiger partial charge < -0.3 is 10.2 Å². The number of hydrogen-bond acceptors (Lipinski definition) is 4. The highest BCUT2D eigenvalue weighted by atomic mass is 79.9. The number of benzene rings is 2. The highest BCUT2D eigenvalue weighted by molar-refractivity contribution is 9.10. The van der Waals surface area contributed by atoms with Gasteiger partial charge in [-0.2, -0.15) is 0 Å². The molecule has 5 nitrogen and oxygen atoms in total. The van der Waals surface area contributed by atoms with E-state index in [2.05, 4.69) is 21.2 Å². The predicted octanol–water partition coefficient (Wildman–Crippen LogP) is 2.62. The van der Waals surface area contributed by atoms with E-state index in [1.165, 1.54) is 0 Å². The van der Waals surface area contributed by atoms with E-state index >= 15 is 0 Å². The molecule has 134 valence electrons. The topological polar surface area (TPSA) is 66.5 Å². The SMILES string of the molecule is CN(CCNC(=O)CS(=O)(=O)Cc1cccc(Br)c1)c1ccccc1. The van der Waals surface area contributed by atoms with Crippen LogP contribution in [0.15, 0.2) is 59.1 Å². The summed E-state index contributed by atoms with van der Waals surface area (Å²) in [7, 11) is -1.58. The number of hydrogen-bond donors (Lipinski definition) is 1. The summed E-state index contributed by atoms with van der Waals surface area (Å²) in [4.78, 5) is 13.9. The van der Waals surface area contributed by atoms with Crippen LogP contribution in [0, 0.1) is 0 Å². The van der Waals surface area contributed by atoms with Crippen LogP contribution in [0.2, 0.25) is 0 Å². The van der Waals surface area contributed by atoms with Crippen LogP contribution in [0.4, 0.5) is 5.69 Å². The van der Waals surface area contributed by atoms with Crippen molar-refractivity contribution in [2.45, 2.75) is 5.75 Å². The van der Waals surface area contributed by atoms with Crippen molar-refractivity contribution < 1.29 is 13.2 Å². The lowest BCUT2D eigenvalue weighted by Gasteiger charge is -2.19. The number of carbonyl (C=O) groups excluding carboxylic acids is 1. The third-order valence-corrected chi connectivity index (χ3v) is 5.56. The summed E-state index contributed by atoms with van der Waals surface area (Å²) >= 11 is 3.31. The Morgan fingerprint density at radius 3 is 2.52 bits per heavy atom. The van der Waals surface area contributed by atoms with E-state index in [-0.39, 0.29) is 5.75 Å². The molecular weight excluding hydrogens is 404 g/mol. The number of likely N-dealkylation sites (N-methyl/N-ethyl adjacent to an activating group) is 1. The minimum Gasteiger partial charge on any atom is -0.373 e. The highest BCUT2D eigenvalue weighted by Crippen LogP contribution is 2.14. The first-order chi connectivity index (χ1) is 11.9. The van der Waals surface area contributed by atoms with Gasteiger partial charge in [0.1, 0.15) is 5.75 Å². The Hall–Kier alpha value is -1.86. The zero-order valence-electron chi connectivity index (χ0n) is 14.0. The molecule has 2 aromatic carbocycles. The summed E-state index contributed by atoms with van der Waals surface area (Å²) in [5, 5.41) is 2.67. The highest BCUT2D eigenvalue weighted by Gasteiger charge is 2.17. The van der Waals surface area contributed by atoms with E-state index in [1.54, 1.807) is 18.2 Å². The average molecular weight is 425 g/mol. The second-order valence-corrected chi connectivity index (χ2v) is 8.75. The average Bonchev–Trinajstić information content (AvgIpc) is 2.54. The fourth-order valence-corrected chi connectivity index (χ4v) is 4.09. The van der Waals surface area contributed by atoms with E-state index in [9.17, 15) is 13.2 Å². The molecule has 0 fully saturated rings. The fourth-order valence-electron chi connectivity index (χ4n) is 2.36. The van der Waals surface area contributed by atoms with E-state index in [0.29, 0.717) is 18.7 Å². The molecule has 0 aromatic heterocycles. The molecule has 0 bridgehead atoms. The van der Waals surface area contributed by atoms with Gasteiger partial charge in [-0.05, 0) is 29.8 Å². The molecule has 0 unspecified atom stereocenters. The van der Waals surface area contributed by atoms with Gasteiger partial charge in [0.2, 0.25) is 5.91 Å². The monoisotopic (exact) mass is 424 g/mol. The van der Waals surface area contributed by atoms with Crippen molar-refractivity contribution in [3.8, 4) is 0 Å². The van der Waals surface area contributed by atoms with Crippen LogP contribution in [0.25, 0.3) is 0 Å². The Bertz CT molecular complexity index is 810. The normalized spacial score (nSPS) is 11.1. The van der Waals surface area contributed by atoms with Crippen molar-refractivity contribution in [2.24, 2.45) is 0 Å². The van der Waals surface area contributed by atoms with Crippen molar-refractivity contribution in [1.29, 1.82) is 0 Å². The van der Waals surface area contributed by atoms with Crippen LogP contribution in [0.1, 0.15) is 5.56 Å². The second kappa shape index (κ2) is 9.01. The molecule has 0 aliphatic carbocycles. The van der Waals surface area contributed by atoms with Gasteiger partial charge in [-0.15, -0.1) is 0 Å². The number of nitrogens with one attached hydrogen (secondary N) is 1. The summed E-state index contributed by atoms with van der Waals surface area (Å²) in [6.45, 7) is 0.984. The smallest absolute Gasteiger partial charge is 0.235 e. The lowest BCUT2D eigenvalue weighted by Crippen LogP contribution is -2.36. The number of anilines is 1. The standard InChI is InChI=1S/C18H21BrN2O3S/c1-21(17-8-3-2-4-9-17)11-10-20-18(22)14-25(23,24)13-15-6-5-7-16(19)12-15/h2-9,12H,10-11,13-14H2,1H3,(H,20,22). The van der Waals surface area contributed by atoms with Gasteiger partial charge in [-0.3, -0.25) is 4.79 Å². The molecule has 1 N–H and O–H groups in total. The van der Waals surface area contributed by atoms with Crippen LogP contribution in [-0.2, 0) is 20.4 Å². The van der Waals surface area contributed by atoms with Crippen molar-refractivity contribution in [1.82, 2.24) is 5.32 Å². The van der Waals surface area contributed by atoms with E-state index in [1.807, 2.05) is 48.3 Å². The van der Waals surface area contributed by atoms with Gasteiger partial charge >= 0.3 is 0 Å². The molecule has 2 aromatic rings. The molecule has 0 spiro atoms. The van der Waals surface area contributed by atoms with Gasteiger partial charge in [0.25, 0.3) is 0 Å². The quantitative estimate of drug-likeness (QED) is 0.706. The number of carbonyl (C=O) groups is 1. The van der Waals surface area contributed by atoms with Crippen molar-refractivity contribution in [3.63, 3.8) is 0 Å². The lowest BCUT2D eigenvalue weighted by molar-refractivity contribution is -0.118. The molecule has 7 heteroatoms. The Morgan fingerprint density at radius 2 is 1.84 bits per heavy atom. The Labute approximate surface area is 157 Å². The molecule has 0 atom stereocenters. The predicted molar refractivity (Wildman–Crippen MR) is 104 cm³/mol. The Morgan fingerprint density at radius 1 is 1.12 bits per heavy atom. The number of halogens is 1. The van der Waals surface area contributed by atoms with E-state index in [0.717, 1.165) is 10.2 Å². The van der Waals surface area contributed by atoms with Gasteiger partial charge in [0, 0.05) is 30.3 Å². The van der Waals surface area contributed by atoms with E-state index < -0.39 is 21.5 Å². The second-order valence-electron chi connectivity index (χ2n) is 5.77. The molecule has 0 radical (unpaired) electrons. The first-order valence-electron chi connectivity index (χ1n) is 7.83. The van der Waals surface area contributed by atoms with Crippen LogP contribution in [0.3, 0.4) is 0 Å². The maximum Gasteiger partial charge on any atom is 0.235 e. The molecule has 0 saturated heterocycles. The van der Waals surface area contributed by atoms with Crippen molar-refractivity contribution in [2.75, 3.05) is 30.8 Å². The third-order valence-electron chi connectivity index (χ3n) is 3.59. The van der Waals surface area contributed by atoms with Crippen LogP contribution < -0.4 is 10.2 Å². The summed E-state index contributed by atoms with van der Waals surface area (Å²) < 4.78 is 25.1. The summed E-state index contributed by atoms with van der Waals surface area (Å²) in [5.74, 6) is -1.13. The maximum atomic E-state index is 12.2. The van der Waals surface area contributed by atoms with Gasteiger partial charge in [0.05, 0.1) is 5.75 Å². The molecule has 25 heavy (non-hydrogen) atoms. The number of amides is 1. The summed E-state index contributed by atoms with van der Waals surface area (Å²) in [6.07, 6.45) is 0. The zero-order chi connectivity index (χ0) is 18.3. The van der Waals surface area contributed by atoms with Crippen LogP contribution >= 0.6 is 15.9 Å². The van der Waals surface area contributed by atoms with Gasteiger partial charge in [0.15, 0.2) is 9.84 Å². The first-order valence-corrected chi connectivity index (χ1v) is 10.4. The lowest BCUT2D eigenvalue weighted by atomic mass is 10.2. The van der Waals surface area contributed by atoms with Gasteiger partial charge in [-0.25, -0.2) is 8.42 Å². The maximum absolute atomic E-state index is 12.2. The number of sulfone groups is 1. The van der Waals surface area contributed by atoms with Gasteiger partial charge in [-0.1, -0.05) is 46.3 Å². The number of para-hydroxylation sites is 1. The Balaban J connectivity index is 1.79. The minimum absolute atomic E-state index is 0.149. The first kappa shape index (κ1) is 19.5.